The number of nitrogens with zero attached hydrogens (tertiary/aromatic N) is 1. The predicted octanol–water partition coefficient (Wildman–Crippen LogP) is 2.65. The van der Waals surface area contributed by atoms with Gasteiger partial charge in [0.15, 0.2) is 11.6 Å². The van der Waals surface area contributed by atoms with Gasteiger partial charge in [-0.05, 0) is 18.2 Å². The fraction of sp³-hybridized carbons (Fsp3) is 0.100. The van der Waals surface area contributed by atoms with Crippen molar-refractivity contribution in [3.05, 3.63) is 29.8 Å². The minimum atomic E-state index is -4.49. The van der Waals surface area contributed by atoms with Crippen molar-refractivity contribution in [2.45, 2.75) is 6.18 Å². The largest absolute Gasteiger partial charge is 0.507 e. The van der Waals surface area contributed by atoms with Gasteiger partial charge in [0.05, 0.1) is 11.1 Å². The van der Waals surface area contributed by atoms with Gasteiger partial charge in [0.1, 0.15) is 5.75 Å². The third-order valence-corrected chi connectivity index (χ3v) is 2.12. The molecule has 1 aromatic heterocycles. The number of phenols is 1. The summed E-state index contributed by atoms with van der Waals surface area (Å²) in [5, 5.41) is 12.8. The zero-order valence-corrected chi connectivity index (χ0v) is 8.32. The monoisotopic (exact) mass is 244 g/mol. The van der Waals surface area contributed by atoms with Gasteiger partial charge in [-0.2, -0.15) is 13.2 Å². The number of halogens is 3. The molecule has 4 nitrogen and oxygen atoms in total. The molecule has 2 aromatic rings. The molecule has 2 rings (SSSR count). The normalized spacial score (nSPS) is 11.7. The van der Waals surface area contributed by atoms with Crippen molar-refractivity contribution in [2.24, 2.45) is 0 Å². The first-order chi connectivity index (χ1) is 7.88. The maximum Gasteiger partial charge on any atom is 0.416 e. The number of anilines is 1. The van der Waals surface area contributed by atoms with Gasteiger partial charge in [0, 0.05) is 6.07 Å². The Labute approximate surface area is 93.4 Å². The molecule has 0 fully saturated rings. The van der Waals surface area contributed by atoms with Crippen LogP contribution in [0.1, 0.15) is 5.56 Å². The van der Waals surface area contributed by atoms with Crippen LogP contribution in [0.25, 0.3) is 11.3 Å². The zero-order valence-electron chi connectivity index (χ0n) is 8.32. The minimum Gasteiger partial charge on any atom is -0.507 e. The van der Waals surface area contributed by atoms with E-state index in [0.717, 1.165) is 18.2 Å². The van der Waals surface area contributed by atoms with E-state index < -0.39 is 11.7 Å². The summed E-state index contributed by atoms with van der Waals surface area (Å²) in [5.41, 5.74) is 4.29. The van der Waals surface area contributed by atoms with E-state index >= 15 is 0 Å². The number of phenolic OH excluding ortho intramolecular Hbond substituents is 1. The molecule has 0 aliphatic carbocycles. The number of nitrogen functional groups attached to an aromatic ring is 1. The van der Waals surface area contributed by atoms with E-state index in [2.05, 4.69) is 5.16 Å². The molecule has 0 aliphatic rings. The van der Waals surface area contributed by atoms with Crippen molar-refractivity contribution < 1.29 is 22.8 Å². The van der Waals surface area contributed by atoms with Crippen LogP contribution in [0.2, 0.25) is 0 Å². The smallest absolute Gasteiger partial charge is 0.416 e. The third-order valence-electron chi connectivity index (χ3n) is 2.12. The van der Waals surface area contributed by atoms with Crippen molar-refractivity contribution in [1.29, 1.82) is 0 Å². The number of aromatic hydroxyl groups is 1. The molecule has 0 spiro atoms. The highest BCUT2D eigenvalue weighted by Crippen LogP contribution is 2.36. The molecule has 0 aliphatic heterocycles. The Hall–Kier alpha value is -2.18. The molecule has 3 N–H and O–H groups in total. The minimum absolute atomic E-state index is 0.0221. The number of hydrogen-bond donors (Lipinski definition) is 2. The molecule has 0 radical (unpaired) electrons. The van der Waals surface area contributed by atoms with E-state index in [1.807, 2.05) is 0 Å². The molecular weight excluding hydrogens is 237 g/mol. The van der Waals surface area contributed by atoms with Gasteiger partial charge in [-0.15, -0.1) is 0 Å². The molecule has 0 atom stereocenters. The highest BCUT2D eigenvalue weighted by Gasteiger charge is 2.31. The van der Waals surface area contributed by atoms with E-state index in [1.54, 1.807) is 0 Å². The quantitative estimate of drug-likeness (QED) is 0.808. The van der Waals surface area contributed by atoms with Crippen LogP contribution in [-0.2, 0) is 6.18 Å². The molecule has 0 saturated heterocycles. The fourth-order valence-electron chi connectivity index (χ4n) is 1.33. The van der Waals surface area contributed by atoms with Gasteiger partial charge in [-0.1, -0.05) is 5.16 Å². The molecule has 0 unspecified atom stereocenters. The number of rotatable bonds is 1. The number of nitrogens with two attached hydrogens (primary N) is 1. The summed E-state index contributed by atoms with van der Waals surface area (Å²) in [5.74, 6) is -0.336. The summed E-state index contributed by atoms with van der Waals surface area (Å²) in [6.07, 6.45) is -4.49. The summed E-state index contributed by atoms with van der Waals surface area (Å²) < 4.78 is 42.1. The molecule has 1 aromatic carbocycles. The number of aromatic nitrogens is 1. The van der Waals surface area contributed by atoms with Crippen molar-refractivity contribution in [1.82, 2.24) is 5.16 Å². The summed E-state index contributed by atoms with van der Waals surface area (Å²) >= 11 is 0. The van der Waals surface area contributed by atoms with E-state index in [0.29, 0.717) is 0 Å². The second kappa shape index (κ2) is 3.69. The van der Waals surface area contributed by atoms with Gasteiger partial charge in [0.25, 0.3) is 0 Å². The second-order valence-electron chi connectivity index (χ2n) is 3.35. The molecule has 7 heteroatoms. The fourth-order valence-corrected chi connectivity index (χ4v) is 1.33. The maximum absolute atomic E-state index is 12.5. The first-order valence-electron chi connectivity index (χ1n) is 4.50. The van der Waals surface area contributed by atoms with Crippen LogP contribution >= 0.6 is 0 Å². The molecule has 0 saturated carbocycles. The number of alkyl halides is 3. The zero-order chi connectivity index (χ0) is 12.6. The highest BCUT2D eigenvalue weighted by molar-refractivity contribution is 5.68. The van der Waals surface area contributed by atoms with E-state index in [1.165, 1.54) is 6.07 Å². The summed E-state index contributed by atoms with van der Waals surface area (Å²) in [7, 11) is 0. The Kier molecular flexibility index (Phi) is 2.45. The van der Waals surface area contributed by atoms with E-state index in [-0.39, 0.29) is 22.9 Å². The lowest BCUT2D eigenvalue weighted by Gasteiger charge is -2.08. The SMILES string of the molecule is Nc1cc(-c2cc(C(F)(F)F)ccc2O)on1. The standard InChI is InChI=1S/C10H7F3N2O2/c11-10(12,13)5-1-2-7(16)6(3-5)8-4-9(14)15-17-8/h1-4,16H,(H2,14,15). The second-order valence-corrected chi connectivity index (χ2v) is 3.35. The van der Waals surface area contributed by atoms with Crippen molar-refractivity contribution in [3.63, 3.8) is 0 Å². The van der Waals surface area contributed by atoms with Crippen molar-refractivity contribution >= 4 is 5.82 Å². The van der Waals surface area contributed by atoms with Gasteiger partial charge in [0.2, 0.25) is 0 Å². The van der Waals surface area contributed by atoms with Crippen LogP contribution in [0.3, 0.4) is 0 Å². The van der Waals surface area contributed by atoms with Gasteiger partial charge in [-0.3, -0.25) is 0 Å². The Balaban J connectivity index is 2.54. The lowest BCUT2D eigenvalue weighted by Crippen LogP contribution is -2.04. The van der Waals surface area contributed by atoms with Crippen LogP contribution in [0.5, 0.6) is 5.75 Å². The molecule has 0 bridgehead atoms. The summed E-state index contributed by atoms with van der Waals surface area (Å²) in [6.45, 7) is 0. The highest BCUT2D eigenvalue weighted by atomic mass is 19.4. The average molecular weight is 244 g/mol. The molecule has 17 heavy (non-hydrogen) atoms. The summed E-state index contributed by atoms with van der Waals surface area (Å²) in [4.78, 5) is 0. The van der Waals surface area contributed by atoms with Crippen LogP contribution in [0.4, 0.5) is 19.0 Å². The molecule has 0 amide bonds. The summed E-state index contributed by atoms with van der Waals surface area (Å²) in [6, 6.07) is 3.72. The van der Waals surface area contributed by atoms with Gasteiger partial charge >= 0.3 is 6.18 Å². The van der Waals surface area contributed by atoms with Crippen molar-refractivity contribution in [2.75, 3.05) is 5.73 Å². The van der Waals surface area contributed by atoms with E-state index in [9.17, 15) is 18.3 Å². The first-order valence-corrected chi connectivity index (χ1v) is 4.50. The first kappa shape index (κ1) is 11.3. The Morgan fingerprint density at radius 2 is 1.94 bits per heavy atom. The number of hydrogen-bond acceptors (Lipinski definition) is 4. The lowest BCUT2D eigenvalue weighted by molar-refractivity contribution is -0.137. The average Bonchev–Trinajstić information content (AvgIpc) is 2.63. The number of benzene rings is 1. The molecular formula is C10H7F3N2O2. The van der Waals surface area contributed by atoms with Crippen LogP contribution in [-0.4, -0.2) is 10.3 Å². The van der Waals surface area contributed by atoms with Crippen LogP contribution in [0, 0.1) is 0 Å². The predicted molar refractivity (Wildman–Crippen MR) is 53.0 cm³/mol. The molecule has 1 heterocycles. The van der Waals surface area contributed by atoms with Crippen LogP contribution in [0.15, 0.2) is 28.8 Å². The topological polar surface area (TPSA) is 72.3 Å². The Morgan fingerprint density at radius 1 is 1.24 bits per heavy atom. The maximum atomic E-state index is 12.5. The molecule has 90 valence electrons. The Bertz CT molecular complexity index is 549. The van der Waals surface area contributed by atoms with E-state index in [4.69, 9.17) is 10.3 Å². The Morgan fingerprint density at radius 3 is 2.47 bits per heavy atom. The van der Waals surface area contributed by atoms with Gasteiger partial charge in [-0.25, -0.2) is 0 Å². The lowest BCUT2D eigenvalue weighted by atomic mass is 10.1. The van der Waals surface area contributed by atoms with Crippen molar-refractivity contribution in [3.8, 4) is 17.1 Å². The van der Waals surface area contributed by atoms with Crippen LogP contribution < -0.4 is 5.73 Å². The van der Waals surface area contributed by atoms with Gasteiger partial charge < -0.3 is 15.4 Å². The third kappa shape index (κ3) is 2.17.